The predicted molar refractivity (Wildman–Crippen MR) is 237 cm³/mol. The highest BCUT2D eigenvalue weighted by atomic mass is 35.5. The number of pyridine rings is 1. The van der Waals surface area contributed by atoms with Gasteiger partial charge in [-0.15, -0.1) is 0 Å². The number of carbonyl (C=O) groups is 2. The summed E-state index contributed by atoms with van der Waals surface area (Å²) in [6.07, 6.45) is 2.72. The van der Waals surface area contributed by atoms with E-state index >= 15 is 0 Å². The summed E-state index contributed by atoms with van der Waals surface area (Å²) in [7, 11) is 0. The summed E-state index contributed by atoms with van der Waals surface area (Å²) in [4.78, 5) is 33.7. The highest BCUT2D eigenvalue weighted by Gasteiger charge is 2.39. The van der Waals surface area contributed by atoms with Crippen LogP contribution in [0.5, 0.6) is 17.2 Å². The number of fused-ring (bicyclic) bond motifs is 2. The zero-order chi connectivity index (χ0) is 42.6. The van der Waals surface area contributed by atoms with E-state index in [0.717, 1.165) is 62.2 Å². The first-order valence-electron chi connectivity index (χ1n) is 20.5. The fraction of sp³-hybridized carbons (Fsp3) is 0.260. The molecule has 5 aromatic carbocycles. The molecule has 3 heterocycles. The lowest BCUT2D eigenvalue weighted by molar-refractivity contribution is -0.143. The molecule has 0 saturated heterocycles. The number of benzene rings is 5. The quantitative estimate of drug-likeness (QED) is 0.118. The van der Waals surface area contributed by atoms with Crippen LogP contribution in [0, 0.1) is 13.8 Å². The van der Waals surface area contributed by atoms with E-state index in [-0.39, 0.29) is 24.5 Å². The molecule has 2 aliphatic heterocycles. The Labute approximate surface area is 366 Å². The van der Waals surface area contributed by atoms with Gasteiger partial charge < -0.3 is 24.6 Å². The normalized spacial score (nSPS) is 16.9. The van der Waals surface area contributed by atoms with Crippen molar-refractivity contribution in [1.82, 2.24) is 15.2 Å². The summed E-state index contributed by atoms with van der Waals surface area (Å²) in [5, 5.41) is 14.3. The van der Waals surface area contributed by atoms with Gasteiger partial charge in [0.1, 0.15) is 25.0 Å². The Bertz CT molecular complexity index is 2530. The first-order chi connectivity index (χ1) is 29.5. The molecule has 2 N–H and O–H groups in total. The Morgan fingerprint density at radius 3 is 2.34 bits per heavy atom. The maximum absolute atomic E-state index is 14.4. The van der Waals surface area contributed by atoms with Crippen LogP contribution in [0.1, 0.15) is 70.1 Å². The van der Waals surface area contributed by atoms with Crippen molar-refractivity contribution in [2.75, 3.05) is 6.61 Å². The molecular weight excluding hydrogens is 809 g/mol. The van der Waals surface area contributed by atoms with E-state index in [1.807, 2.05) is 105 Å². The minimum absolute atomic E-state index is 0.0976. The van der Waals surface area contributed by atoms with Gasteiger partial charge in [-0.05, 0) is 119 Å². The Morgan fingerprint density at radius 2 is 1.62 bits per heavy atom. The van der Waals surface area contributed by atoms with Crippen molar-refractivity contribution in [2.24, 2.45) is 0 Å². The first-order valence-corrected chi connectivity index (χ1v) is 21.3. The highest BCUT2D eigenvalue weighted by molar-refractivity contribution is 6.42. The van der Waals surface area contributed by atoms with E-state index in [2.05, 4.69) is 34.3 Å². The lowest BCUT2D eigenvalue weighted by Gasteiger charge is -2.42. The molecule has 312 valence electrons. The number of ether oxygens (including phenoxy) is 3. The van der Waals surface area contributed by atoms with Crippen molar-refractivity contribution < 1.29 is 28.9 Å². The van der Waals surface area contributed by atoms with Crippen LogP contribution in [0.15, 0.2) is 121 Å². The number of nitrogens with zero attached hydrogens (tertiary/aromatic N) is 2. The Morgan fingerprint density at radius 1 is 0.885 bits per heavy atom. The summed E-state index contributed by atoms with van der Waals surface area (Å²) < 4.78 is 18.9. The lowest BCUT2D eigenvalue weighted by atomic mass is 9.89. The summed E-state index contributed by atoms with van der Waals surface area (Å²) in [5.74, 6) is 0.542. The number of hydrogen-bond acceptors (Lipinski definition) is 7. The number of halogens is 2. The Balaban J connectivity index is 0.993. The van der Waals surface area contributed by atoms with E-state index in [0.29, 0.717) is 53.5 Å². The third kappa shape index (κ3) is 9.39. The number of aliphatic carboxylic acids is 1. The number of aryl methyl sites for hydroxylation is 1. The molecule has 1 aromatic heterocycles. The summed E-state index contributed by atoms with van der Waals surface area (Å²) in [5.41, 5.74) is 9.92. The van der Waals surface area contributed by atoms with Crippen molar-refractivity contribution in [2.45, 2.75) is 77.4 Å². The van der Waals surface area contributed by atoms with Crippen molar-refractivity contribution >= 4 is 35.1 Å². The third-order valence-corrected chi connectivity index (χ3v) is 12.5. The van der Waals surface area contributed by atoms with Crippen LogP contribution in [-0.2, 0) is 35.6 Å². The maximum atomic E-state index is 14.4. The van der Waals surface area contributed by atoms with Gasteiger partial charge in [-0.1, -0.05) is 103 Å². The van der Waals surface area contributed by atoms with E-state index in [1.54, 1.807) is 18.3 Å². The fourth-order valence-electron chi connectivity index (χ4n) is 8.30. The fourth-order valence-corrected chi connectivity index (χ4v) is 8.62. The molecule has 11 heteroatoms. The topological polar surface area (TPSA) is 110 Å². The van der Waals surface area contributed by atoms with Gasteiger partial charge in [-0.25, -0.2) is 4.79 Å². The van der Waals surface area contributed by atoms with Crippen LogP contribution in [0.25, 0.3) is 11.1 Å². The molecule has 6 aromatic rings. The SMILES string of the molecule is CC[C@@H](c1ccccc1)N1Cc2cc3c(cc2C[C@H]1C(=O)NC(Cc1ccc(-c2ccnc(C)c2C)cc1)C(=O)O)OC[C@@H](c1ccc(OCc2ccc(Cl)c(Cl)c2)cc1)O3. The van der Waals surface area contributed by atoms with Gasteiger partial charge in [0.05, 0.1) is 16.1 Å². The molecule has 1 amide bonds. The van der Waals surface area contributed by atoms with Crippen molar-refractivity contribution in [1.29, 1.82) is 0 Å². The average molecular weight is 857 g/mol. The van der Waals surface area contributed by atoms with Gasteiger partial charge in [0.25, 0.3) is 0 Å². The standard InChI is InChI=1S/C50H47Cl2N3O6/c1-4-44(35-8-6-5-7-9-35)55-27-38-26-47-46(60-29-48(61-47)36-15-17-39(18-16-36)59-28-33-12-19-41(51)42(52)22-33)25-37(38)24-45(55)49(56)54-43(50(57)58)23-32-10-13-34(14-11-32)40-20-21-53-31(3)30(40)2/h5-22,25-26,43-45,48H,4,23-24,27-29H2,1-3H3,(H,54,56)(H,57,58)/t43?,44-,45-,48-/m0/s1. The minimum Gasteiger partial charge on any atom is -0.489 e. The van der Waals surface area contributed by atoms with Crippen molar-refractivity contribution in [3.63, 3.8) is 0 Å². The zero-order valence-electron chi connectivity index (χ0n) is 34.2. The van der Waals surface area contributed by atoms with Crippen LogP contribution in [0.3, 0.4) is 0 Å². The molecule has 4 atom stereocenters. The van der Waals surface area contributed by atoms with E-state index < -0.39 is 18.1 Å². The summed E-state index contributed by atoms with van der Waals surface area (Å²) in [6, 6.07) is 35.3. The van der Waals surface area contributed by atoms with Gasteiger partial charge in [0, 0.05) is 30.9 Å². The first kappa shape index (κ1) is 41.8. The molecule has 2 aliphatic rings. The molecule has 8 rings (SSSR count). The van der Waals surface area contributed by atoms with Crippen LogP contribution < -0.4 is 19.5 Å². The number of carbonyl (C=O) groups excluding carboxylic acids is 1. The minimum atomic E-state index is -1.12. The number of carboxylic acids is 1. The molecule has 0 fully saturated rings. The molecule has 61 heavy (non-hydrogen) atoms. The lowest BCUT2D eigenvalue weighted by Crippen LogP contribution is -2.55. The summed E-state index contributed by atoms with van der Waals surface area (Å²) in [6.45, 7) is 7.25. The van der Waals surface area contributed by atoms with Gasteiger partial charge >= 0.3 is 5.97 Å². The number of amides is 1. The largest absolute Gasteiger partial charge is 0.489 e. The molecule has 0 bridgehead atoms. The van der Waals surface area contributed by atoms with Crippen LogP contribution in [0.4, 0.5) is 0 Å². The maximum Gasteiger partial charge on any atom is 0.326 e. The molecule has 0 radical (unpaired) electrons. The highest BCUT2D eigenvalue weighted by Crippen LogP contribution is 2.43. The Hall–Kier alpha value is -5.87. The Kier molecular flexibility index (Phi) is 12.6. The number of rotatable bonds is 13. The second kappa shape index (κ2) is 18.4. The van der Waals surface area contributed by atoms with Crippen LogP contribution in [-0.4, -0.2) is 45.6 Å². The molecule has 0 saturated carbocycles. The molecular formula is C50H47Cl2N3O6. The second-order valence-corrected chi connectivity index (χ2v) is 16.5. The smallest absolute Gasteiger partial charge is 0.326 e. The zero-order valence-corrected chi connectivity index (χ0v) is 35.7. The molecule has 0 spiro atoms. The van der Waals surface area contributed by atoms with Crippen molar-refractivity contribution in [3.8, 4) is 28.4 Å². The number of aromatic nitrogens is 1. The van der Waals surface area contributed by atoms with Gasteiger partial charge in [-0.2, -0.15) is 0 Å². The molecule has 0 aliphatic carbocycles. The van der Waals surface area contributed by atoms with E-state index in [1.165, 1.54) is 0 Å². The monoisotopic (exact) mass is 855 g/mol. The van der Waals surface area contributed by atoms with Gasteiger partial charge in [-0.3, -0.25) is 14.7 Å². The van der Waals surface area contributed by atoms with Crippen molar-refractivity contribution in [3.05, 3.63) is 176 Å². The van der Waals surface area contributed by atoms with Crippen LogP contribution in [0.2, 0.25) is 10.0 Å². The summed E-state index contributed by atoms with van der Waals surface area (Å²) >= 11 is 12.2. The number of nitrogens with one attached hydrogen (secondary N) is 1. The number of hydrogen-bond donors (Lipinski definition) is 2. The molecule has 9 nitrogen and oxygen atoms in total. The second-order valence-electron chi connectivity index (χ2n) is 15.7. The van der Waals surface area contributed by atoms with Gasteiger partial charge in [0.15, 0.2) is 17.6 Å². The van der Waals surface area contributed by atoms with Crippen LogP contribution >= 0.6 is 23.2 Å². The van der Waals surface area contributed by atoms with E-state index in [4.69, 9.17) is 37.4 Å². The average Bonchev–Trinajstić information content (AvgIpc) is 3.27. The van der Waals surface area contributed by atoms with Gasteiger partial charge in [0.2, 0.25) is 5.91 Å². The third-order valence-electron chi connectivity index (χ3n) is 11.8. The molecule has 1 unspecified atom stereocenters. The predicted octanol–water partition coefficient (Wildman–Crippen LogP) is 10.5. The number of carboxylic acid groups (broad SMARTS) is 1. The van der Waals surface area contributed by atoms with E-state index in [9.17, 15) is 14.7 Å².